The smallest absolute Gasteiger partial charge is 0.307 e. The number of non-ortho nitro benzene ring substituents is 1. The second-order valence-corrected chi connectivity index (χ2v) is 7.19. The summed E-state index contributed by atoms with van der Waals surface area (Å²) in [5.74, 6) is -3.98. The van der Waals surface area contributed by atoms with Crippen molar-refractivity contribution in [2.24, 2.45) is 11.8 Å². The summed E-state index contributed by atoms with van der Waals surface area (Å²) < 4.78 is 0. The lowest BCUT2D eigenvalue weighted by Gasteiger charge is -2.24. The fourth-order valence-corrected chi connectivity index (χ4v) is 3.56. The maximum absolute atomic E-state index is 13.0. The van der Waals surface area contributed by atoms with E-state index in [1.807, 2.05) is 0 Å². The molecule has 0 fully saturated rings. The molecule has 0 aromatic heterocycles. The predicted octanol–water partition coefficient (Wildman–Crippen LogP) is 4.08. The Labute approximate surface area is 176 Å². The molecule has 0 saturated carbocycles. The number of halogens is 1. The highest BCUT2D eigenvalue weighted by Gasteiger charge is 2.34. The molecule has 0 radical (unpaired) electrons. The summed E-state index contributed by atoms with van der Waals surface area (Å²) in [6.45, 7) is 0. The minimum Gasteiger partial charge on any atom is -0.481 e. The van der Waals surface area contributed by atoms with E-state index in [0.29, 0.717) is 0 Å². The highest BCUT2D eigenvalue weighted by Crippen LogP contribution is 2.31. The monoisotopic (exact) mass is 428 g/mol. The molecule has 0 bridgehead atoms. The Hall–Kier alpha value is -3.52. The molecule has 2 aromatic carbocycles. The van der Waals surface area contributed by atoms with Crippen LogP contribution in [0.4, 0.5) is 11.4 Å². The molecule has 1 aliphatic carbocycles. The van der Waals surface area contributed by atoms with E-state index in [1.54, 1.807) is 24.3 Å². The van der Waals surface area contributed by atoms with Crippen molar-refractivity contribution in [3.8, 4) is 0 Å². The molecule has 2 atom stereocenters. The van der Waals surface area contributed by atoms with Crippen molar-refractivity contribution >= 4 is 40.6 Å². The van der Waals surface area contributed by atoms with Gasteiger partial charge in [0, 0.05) is 17.7 Å². The van der Waals surface area contributed by atoms with Gasteiger partial charge in [-0.15, -0.1) is 0 Å². The van der Waals surface area contributed by atoms with Gasteiger partial charge < -0.3 is 10.4 Å². The lowest BCUT2D eigenvalue weighted by atomic mass is 9.82. The standard InChI is InChI=1S/C21H17ClN2O6/c22-17-8-4-3-7-15(17)19(25)16-11-12(24(29)30)9-10-18(16)23-20(26)13-5-1-2-6-14(13)21(27)28/h1-4,7-11,13-14H,5-6H2,(H,23,26)(H,27,28). The third-order valence-electron chi connectivity index (χ3n) is 4.92. The average molecular weight is 429 g/mol. The second-order valence-electron chi connectivity index (χ2n) is 6.78. The number of nitrogens with zero attached hydrogens (tertiary/aromatic N) is 1. The van der Waals surface area contributed by atoms with E-state index in [1.165, 1.54) is 18.2 Å². The van der Waals surface area contributed by atoms with Crippen LogP contribution in [-0.4, -0.2) is 27.7 Å². The van der Waals surface area contributed by atoms with Crippen LogP contribution in [0.5, 0.6) is 0 Å². The molecule has 30 heavy (non-hydrogen) atoms. The zero-order valence-corrected chi connectivity index (χ0v) is 16.3. The fourth-order valence-electron chi connectivity index (χ4n) is 3.34. The van der Waals surface area contributed by atoms with Crippen molar-refractivity contribution in [3.05, 3.63) is 80.9 Å². The van der Waals surface area contributed by atoms with E-state index < -0.39 is 34.4 Å². The van der Waals surface area contributed by atoms with Crippen LogP contribution in [0.25, 0.3) is 0 Å². The summed E-state index contributed by atoms with van der Waals surface area (Å²) in [5, 5.41) is 23.3. The van der Waals surface area contributed by atoms with Crippen molar-refractivity contribution < 1.29 is 24.4 Å². The van der Waals surface area contributed by atoms with Crippen LogP contribution in [-0.2, 0) is 9.59 Å². The van der Waals surface area contributed by atoms with Gasteiger partial charge >= 0.3 is 5.97 Å². The number of allylic oxidation sites excluding steroid dienone is 2. The number of carbonyl (C=O) groups excluding carboxylic acids is 2. The molecule has 0 saturated heterocycles. The van der Waals surface area contributed by atoms with Crippen LogP contribution in [0.1, 0.15) is 28.8 Å². The van der Waals surface area contributed by atoms with Gasteiger partial charge in [0.15, 0.2) is 5.78 Å². The molecular weight excluding hydrogens is 412 g/mol. The van der Waals surface area contributed by atoms with E-state index in [9.17, 15) is 29.6 Å². The Morgan fingerprint density at radius 3 is 2.33 bits per heavy atom. The van der Waals surface area contributed by atoms with Crippen molar-refractivity contribution in [1.29, 1.82) is 0 Å². The SMILES string of the molecule is O=C(c1ccccc1Cl)c1cc([N+](=O)[O-])ccc1NC(=O)C1CC=CCC1C(=O)O. The first-order valence-electron chi connectivity index (χ1n) is 9.06. The number of carbonyl (C=O) groups is 3. The molecule has 154 valence electrons. The van der Waals surface area contributed by atoms with Crippen LogP contribution >= 0.6 is 11.6 Å². The zero-order chi connectivity index (χ0) is 21.8. The number of hydrogen-bond donors (Lipinski definition) is 2. The number of anilines is 1. The molecule has 1 aliphatic rings. The normalized spacial score (nSPS) is 17.9. The zero-order valence-electron chi connectivity index (χ0n) is 15.6. The van der Waals surface area contributed by atoms with Crippen molar-refractivity contribution in [2.75, 3.05) is 5.32 Å². The van der Waals surface area contributed by atoms with Crippen LogP contribution < -0.4 is 5.32 Å². The predicted molar refractivity (Wildman–Crippen MR) is 110 cm³/mol. The van der Waals surface area contributed by atoms with E-state index in [0.717, 1.165) is 12.1 Å². The van der Waals surface area contributed by atoms with E-state index in [-0.39, 0.29) is 40.4 Å². The van der Waals surface area contributed by atoms with E-state index >= 15 is 0 Å². The number of nitro groups is 1. The minimum absolute atomic E-state index is 0.0502. The topological polar surface area (TPSA) is 127 Å². The van der Waals surface area contributed by atoms with Crippen molar-refractivity contribution in [3.63, 3.8) is 0 Å². The van der Waals surface area contributed by atoms with Crippen LogP contribution in [0.15, 0.2) is 54.6 Å². The van der Waals surface area contributed by atoms with Gasteiger partial charge in [0.2, 0.25) is 5.91 Å². The average Bonchev–Trinajstić information content (AvgIpc) is 2.73. The Morgan fingerprint density at radius 2 is 1.70 bits per heavy atom. The number of amides is 1. The maximum Gasteiger partial charge on any atom is 0.307 e. The van der Waals surface area contributed by atoms with Crippen LogP contribution in [0, 0.1) is 22.0 Å². The van der Waals surface area contributed by atoms with Gasteiger partial charge in [-0.3, -0.25) is 24.5 Å². The van der Waals surface area contributed by atoms with Gasteiger partial charge in [0.1, 0.15) is 0 Å². The van der Waals surface area contributed by atoms with Crippen LogP contribution in [0.2, 0.25) is 5.02 Å². The Balaban J connectivity index is 1.98. The Bertz CT molecular complexity index is 1070. The van der Waals surface area contributed by atoms with Gasteiger partial charge in [-0.05, 0) is 31.0 Å². The maximum atomic E-state index is 13.0. The number of nitrogens with one attached hydrogen (secondary N) is 1. The first-order chi connectivity index (χ1) is 14.3. The molecule has 0 heterocycles. The summed E-state index contributed by atoms with van der Waals surface area (Å²) in [5.41, 5.74) is -0.260. The molecule has 0 spiro atoms. The largest absolute Gasteiger partial charge is 0.481 e. The first-order valence-corrected chi connectivity index (χ1v) is 9.43. The van der Waals surface area contributed by atoms with Crippen molar-refractivity contribution in [1.82, 2.24) is 0 Å². The van der Waals surface area contributed by atoms with Crippen LogP contribution in [0.3, 0.4) is 0 Å². The number of benzene rings is 2. The van der Waals surface area contributed by atoms with E-state index in [2.05, 4.69) is 5.32 Å². The number of rotatable bonds is 6. The van der Waals surface area contributed by atoms with Crippen molar-refractivity contribution in [2.45, 2.75) is 12.8 Å². The van der Waals surface area contributed by atoms with E-state index in [4.69, 9.17) is 11.6 Å². The molecule has 8 nitrogen and oxygen atoms in total. The molecule has 1 amide bonds. The molecule has 0 aliphatic heterocycles. The number of hydrogen-bond acceptors (Lipinski definition) is 5. The first kappa shape index (κ1) is 21.2. The summed E-state index contributed by atoms with van der Waals surface area (Å²) in [7, 11) is 0. The summed E-state index contributed by atoms with van der Waals surface area (Å²) in [6, 6.07) is 9.70. The van der Waals surface area contributed by atoms with Gasteiger partial charge in [-0.25, -0.2) is 0 Å². The minimum atomic E-state index is -1.09. The van der Waals surface area contributed by atoms with Gasteiger partial charge in [0.25, 0.3) is 5.69 Å². The number of carboxylic acid groups (broad SMARTS) is 1. The summed E-state index contributed by atoms with van der Waals surface area (Å²) >= 11 is 6.09. The van der Waals surface area contributed by atoms with Gasteiger partial charge in [0.05, 0.1) is 33.0 Å². The van der Waals surface area contributed by atoms with Gasteiger partial charge in [-0.1, -0.05) is 35.9 Å². The lowest BCUT2D eigenvalue weighted by molar-refractivity contribution is -0.384. The lowest BCUT2D eigenvalue weighted by Crippen LogP contribution is -2.35. The number of aliphatic carboxylic acids is 1. The molecule has 3 rings (SSSR count). The highest BCUT2D eigenvalue weighted by atomic mass is 35.5. The quantitative estimate of drug-likeness (QED) is 0.309. The number of carboxylic acids is 1. The molecule has 2 unspecified atom stereocenters. The third-order valence-corrected chi connectivity index (χ3v) is 5.25. The van der Waals surface area contributed by atoms with Gasteiger partial charge in [-0.2, -0.15) is 0 Å². The Kier molecular flexibility index (Phi) is 6.27. The third kappa shape index (κ3) is 4.38. The summed E-state index contributed by atoms with van der Waals surface area (Å²) in [4.78, 5) is 47.8. The molecular formula is C21H17ClN2O6. The second kappa shape index (κ2) is 8.87. The fraction of sp³-hybridized carbons (Fsp3) is 0.190. The molecule has 9 heteroatoms. The highest BCUT2D eigenvalue weighted by molar-refractivity contribution is 6.35. The summed E-state index contributed by atoms with van der Waals surface area (Å²) in [6.07, 6.45) is 3.90. The number of nitro benzene ring substituents is 1. The molecule has 2 N–H and O–H groups in total. The Morgan fingerprint density at radius 1 is 1.03 bits per heavy atom. The number of ketones is 1. The molecule has 2 aromatic rings.